The summed E-state index contributed by atoms with van der Waals surface area (Å²) in [5, 5.41) is 0.111. The van der Waals surface area contributed by atoms with Gasteiger partial charge in [-0.2, -0.15) is 0 Å². The fraction of sp³-hybridized carbons (Fsp3) is 0.952. The van der Waals surface area contributed by atoms with Crippen LogP contribution in [0, 0.1) is 5.92 Å². The van der Waals surface area contributed by atoms with Gasteiger partial charge in [-0.3, -0.25) is 0 Å². The Morgan fingerprint density at radius 2 is 1.31 bits per heavy atom. The molecule has 0 saturated carbocycles. The van der Waals surface area contributed by atoms with E-state index in [0.29, 0.717) is 16.6 Å². The Morgan fingerprint density at radius 3 is 1.62 bits per heavy atom. The highest BCUT2D eigenvalue weighted by Crippen LogP contribution is 2.42. The van der Waals surface area contributed by atoms with Crippen LogP contribution in [0.1, 0.15) is 75.7 Å². The molecule has 0 aromatic heterocycles. The van der Waals surface area contributed by atoms with Crippen LogP contribution >= 0.6 is 0 Å². The Morgan fingerprint density at radius 1 is 0.885 bits per heavy atom. The molecule has 0 amide bonds. The summed E-state index contributed by atoms with van der Waals surface area (Å²) in [4.78, 5) is 11.7. The van der Waals surface area contributed by atoms with Gasteiger partial charge in [0.1, 0.15) is 12.4 Å². The quantitative estimate of drug-likeness (QED) is 0.282. The van der Waals surface area contributed by atoms with E-state index in [0.717, 1.165) is 19.3 Å². The van der Waals surface area contributed by atoms with Crippen molar-refractivity contribution in [3.05, 3.63) is 0 Å². The zero-order valence-electron chi connectivity index (χ0n) is 19.6. The number of carbonyl (C=O) groups is 1. The molecule has 2 atom stereocenters. The monoisotopic (exact) mass is 402 g/mol. The first kappa shape index (κ1) is 26.0. The lowest BCUT2D eigenvalue weighted by Gasteiger charge is -2.43. The number of hydrogen-bond acceptors (Lipinski definition) is 3. The van der Waals surface area contributed by atoms with Crippen LogP contribution in [-0.2, 0) is 13.6 Å². The summed E-state index contributed by atoms with van der Waals surface area (Å²) in [5.74, 6) is 0.180. The molecule has 0 fully saturated rings. The van der Waals surface area contributed by atoms with Crippen LogP contribution in [0.3, 0.4) is 0 Å². The summed E-state index contributed by atoms with van der Waals surface area (Å²) in [6, 6.07) is 0. The van der Waals surface area contributed by atoms with Gasteiger partial charge < -0.3 is 13.6 Å². The normalized spacial score (nSPS) is 16.4. The highest BCUT2D eigenvalue weighted by Gasteiger charge is 2.45. The Kier molecular flexibility index (Phi) is 10.00. The van der Waals surface area contributed by atoms with Gasteiger partial charge in [-0.05, 0) is 47.1 Å². The van der Waals surface area contributed by atoms with Crippen molar-refractivity contribution in [1.29, 1.82) is 0 Å². The molecule has 0 bridgehead atoms. The Bertz CT molecular complexity index is 404. The molecule has 26 heavy (non-hydrogen) atoms. The molecule has 5 heteroatoms. The zero-order chi connectivity index (χ0) is 20.9. The van der Waals surface area contributed by atoms with Gasteiger partial charge in [0.2, 0.25) is 0 Å². The highest BCUT2D eigenvalue weighted by atomic mass is 28.4. The van der Waals surface area contributed by atoms with Crippen molar-refractivity contribution in [2.24, 2.45) is 5.92 Å². The molecule has 0 saturated heterocycles. The predicted octanol–water partition coefficient (Wildman–Crippen LogP) is 6.79. The van der Waals surface area contributed by atoms with E-state index >= 15 is 0 Å². The highest BCUT2D eigenvalue weighted by molar-refractivity contribution is 6.77. The van der Waals surface area contributed by atoms with Crippen molar-refractivity contribution in [2.45, 2.75) is 117 Å². The van der Waals surface area contributed by atoms with Crippen LogP contribution in [0.2, 0.25) is 34.8 Å². The van der Waals surface area contributed by atoms with Crippen LogP contribution < -0.4 is 0 Å². The van der Waals surface area contributed by atoms with E-state index in [4.69, 9.17) is 8.85 Å². The lowest BCUT2D eigenvalue weighted by Crippen LogP contribution is -2.48. The Hall–Kier alpha value is 0.0238. The molecule has 0 aliphatic heterocycles. The minimum Gasteiger partial charge on any atom is -0.416 e. The van der Waals surface area contributed by atoms with Gasteiger partial charge >= 0.3 is 0 Å². The molecule has 0 radical (unpaired) electrons. The second-order valence-corrected chi connectivity index (χ2v) is 20.6. The second kappa shape index (κ2) is 9.99. The fourth-order valence-corrected chi connectivity index (χ4v) is 10.7. The van der Waals surface area contributed by atoms with E-state index < -0.39 is 16.6 Å². The molecule has 0 rings (SSSR count). The molecule has 0 heterocycles. The first-order chi connectivity index (χ1) is 11.6. The van der Waals surface area contributed by atoms with Gasteiger partial charge in [-0.25, -0.2) is 0 Å². The van der Waals surface area contributed by atoms with E-state index in [-0.39, 0.29) is 17.1 Å². The van der Waals surface area contributed by atoms with Crippen molar-refractivity contribution in [3.8, 4) is 0 Å². The van der Waals surface area contributed by atoms with Crippen LogP contribution in [0.15, 0.2) is 0 Å². The van der Waals surface area contributed by atoms with E-state index in [1.165, 1.54) is 0 Å². The van der Waals surface area contributed by atoms with E-state index in [9.17, 15) is 4.79 Å². The third kappa shape index (κ3) is 6.28. The van der Waals surface area contributed by atoms with Gasteiger partial charge in [0, 0.05) is 6.61 Å². The van der Waals surface area contributed by atoms with Gasteiger partial charge in [0.25, 0.3) is 0 Å². The van der Waals surface area contributed by atoms with Crippen molar-refractivity contribution in [1.82, 2.24) is 0 Å². The van der Waals surface area contributed by atoms with Crippen molar-refractivity contribution < 1.29 is 13.6 Å². The summed E-state index contributed by atoms with van der Waals surface area (Å²) in [6.07, 6.45) is 1.55. The number of rotatable bonds is 11. The van der Waals surface area contributed by atoms with Crippen molar-refractivity contribution in [3.63, 3.8) is 0 Å². The molecule has 3 nitrogen and oxygen atoms in total. The third-order valence-electron chi connectivity index (χ3n) is 6.56. The van der Waals surface area contributed by atoms with E-state index in [1.807, 2.05) is 0 Å². The summed E-state index contributed by atoms with van der Waals surface area (Å²) in [6.45, 7) is 27.8. The molecular formula is C21H46O3Si2. The fourth-order valence-electron chi connectivity index (χ4n) is 3.88. The minimum absolute atomic E-state index is 0.111. The Labute approximate surface area is 165 Å². The zero-order valence-corrected chi connectivity index (χ0v) is 21.6. The van der Waals surface area contributed by atoms with E-state index in [1.54, 1.807) is 0 Å². The average Bonchev–Trinajstić information content (AvgIpc) is 2.46. The third-order valence-corrected chi connectivity index (χ3v) is 17.2. The average molecular weight is 403 g/mol. The maximum absolute atomic E-state index is 11.7. The standard InChI is InChI=1S/C21H46O3Si2/c1-16(2)26(17(3)4,18(5)6)23-14-13-19(7)20(15-22)24-25(11,12)21(8,9)10/h15-20H,13-14H2,1-12H3/t19-,20+/m1/s1. The lowest BCUT2D eigenvalue weighted by molar-refractivity contribution is -0.116. The summed E-state index contributed by atoms with van der Waals surface area (Å²) in [5.41, 5.74) is 1.76. The summed E-state index contributed by atoms with van der Waals surface area (Å²) >= 11 is 0. The molecule has 0 unspecified atom stereocenters. The molecule has 0 aromatic rings. The maximum atomic E-state index is 11.7. The minimum atomic E-state index is -1.94. The molecule has 0 spiro atoms. The van der Waals surface area contributed by atoms with Gasteiger partial charge in [-0.1, -0.05) is 69.2 Å². The number of hydrogen-bond donors (Lipinski definition) is 0. The second-order valence-electron chi connectivity index (χ2n) is 10.4. The first-order valence-corrected chi connectivity index (χ1v) is 15.4. The molecule has 0 aliphatic rings. The predicted molar refractivity (Wildman–Crippen MR) is 119 cm³/mol. The maximum Gasteiger partial charge on any atom is 0.200 e. The van der Waals surface area contributed by atoms with Crippen LogP contribution in [0.25, 0.3) is 0 Å². The van der Waals surface area contributed by atoms with Crippen LogP contribution in [-0.4, -0.2) is 35.6 Å². The molecule has 156 valence electrons. The smallest absolute Gasteiger partial charge is 0.200 e. The topological polar surface area (TPSA) is 35.5 Å². The van der Waals surface area contributed by atoms with Crippen molar-refractivity contribution >= 4 is 22.9 Å². The van der Waals surface area contributed by atoms with Gasteiger partial charge in [0.05, 0.1) is 0 Å². The summed E-state index contributed by atoms with van der Waals surface area (Å²) in [7, 11) is -3.78. The lowest BCUT2D eigenvalue weighted by atomic mass is 10.0. The number of aldehydes is 1. The van der Waals surface area contributed by atoms with Crippen LogP contribution in [0.4, 0.5) is 0 Å². The van der Waals surface area contributed by atoms with Gasteiger partial charge in [-0.15, -0.1) is 0 Å². The molecular weight excluding hydrogens is 356 g/mol. The number of carbonyl (C=O) groups excluding carboxylic acids is 1. The van der Waals surface area contributed by atoms with Gasteiger partial charge in [0.15, 0.2) is 16.6 Å². The first-order valence-electron chi connectivity index (χ1n) is 10.4. The largest absolute Gasteiger partial charge is 0.416 e. The summed E-state index contributed by atoms with van der Waals surface area (Å²) < 4.78 is 13.0. The van der Waals surface area contributed by atoms with Crippen LogP contribution in [0.5, 0.6) is 0 Å². The SMILES string of the molecule is CC(C)[Si](OCC[C@@H](C)[C@H](C=O)O[Si](C)(C)C(C)(C)C)(C(C)C)C(C)C. The molecule has 0 aromatic carbocycles. The van der Waals surface area contributed by atoms with Crippen molar-refractivity contribution in [2.75, 3.05) is 6.61 Å². The molecule has 0 aliphatic carbocycles. The van der Waals surface area contributed by atoms with E-state index in [2.05, 4.69) is 82.3 Å². The Balaban J connectivity index is 5.00. The molecule has 0 N–H and O–H groups in total.